The first kappa shape index (κ1) is 15.4. The maximum Gasteiger partial charge on any atom is 0.0194 e. The summed E-state index contributed by atoms with van der Waals surface area (Å²) in [6.07, 6.45) is 5.22. The van der Waals surface area contributed by atoms with Gasteiger partial charge in [-0.15, -0.1) is 0 Å². The molecular weight excluding hydrogens is 276 g/mol. The lowest BCUT2D eigenvalue weighted by molar-refractivity contribution is 0.0926. The van der Waals surface area contributed by atoms with Crippen molar-refractivity contribution in [3.05, 3.63) is 35.9 Å². The lowest BCUT2D eigenvalue weighted by atomic mass is 9.74. The van der Waals surface area contributed by atoms with Gasteiger partial charge in [0.15, 0.2) is 0 Å². The summed E-state index contributed by atoms with van der Waals surface area (Å²) < 4.78 is 0. The molecule has 2 nitrogen and oxygen atoms in total. The molecule has 3 rings (SSSR count). The molecule has 3 heteroatoms. The highest BCUT2D eigenvalue weighted by Crippen LogP contribution is 2.39. The average molecular weight is 305 g/mol. The van der Waals surface area contributed by atoms with Crippen LogP contribution in [0.1, 0.15) is 37.2 Å². The molecule has 4 atom stereocenters. The van der Waals surface area contributed by atoms with Gasteiger partial charge in [0.1, 0.15) is 0 Å². The van der Waals surface area contributed by atoms with Gasteiger partial charge in [-0.25, -0.2) is 0 Å². The van der Waals surface area contributed by atoms with E-state index in [0.29, 0.717) is 12.0 Å². The van der Waals surface area contributed by atoms with Gasteiger partial charge >= 0.3 is 0 Å². The average Bonchev–Trinajstić information content (AvgIpc) is 3.09. The normalized spacial score (nSPS) is 33.5. The highest BCUT2D eigenvalue weighted by molar-refractivity contribution is 7.99. The van der Waals surface area contributed by atoms with Gasteiger partial charge in [-0.3, -0.25) is 4.90 Å². The second-order valence-electron chi connectivity index (χ2n) is 6.67. The third-order valence-electron chi connectivity index (χ3n) is 5.53. The van der Waals surface area contributed by atoms with Crippen LogP contribution >= 0.6 is 11.8 Å². The minimum Gasteiger partial charge on any atom is -0.330 e. The van der Waals surface area contributed by atoms with E-state index in [2.05, 4.69) is 54.0 Å². The monoisotopic (exact) mass is 304 g/mol. The van der Waals surface area contributed by atoms with Crippen LogP contribution in [0.3, 0.4) is 0 Å². The van der Waals surface area contributed by atoms with Gasteiger partial charge in [0.05, 0.1) is 0 Å². The van der Waals surface area contributed by atoms with Crippen molar-refractivity contribution in [2.75, 3.05) is 25.1 Å². The smallest absolute Gasteiger partial charge is 0.0194 e. The number of rotatable bonds is 4. The number of hydrogen-bond donors (Lipinski definition) is 1. The third-order valence-corrected chi connectivity index (χ3v) is 6.68. The van der Waals surface area contributed by atoms with E-state index in [1.54, 1.807) is 0 Å². The van der Waals surface area contributed by atoms with Gasteiger partial charge in [0.25, 0.3) is 0 Å². The largest absolute Gasteiger partial charge is 0.330 e. The molecule has 4 unspecified atom stereocenters. The fourth-order valence-electron chi connectivity index (χ4n) is 4.13. The van der Waals surface area contributed by atoms with Gasteiger partial charge in [0.2, 0.25) is 0 Å². The van der Waals surface area contributed by atoms with Crippen molar-refractivity contribution in [3.8, 4) is 0 Å². The lowest BCUT2D eigenvalue weighted by Gasteiger charge is -2.43. The zero-order valence-electron chi connectivity index (χ0n) is 13.1. The van der Waals surface area contributed by atoms with Crippen molar-refractivity contribution in [1.82, 2.24) is 4.90 Å². The van der Waals surface area contributed by atoms with Crippen LogP contribution in [0.25, 0.3) is 0 Å². The summed E-state index contributed by atoms with van der Waals surface area (Å²) in [5, 5.41) is 0. The van der Waals surface area contributed by atoms with Crippen molar-refractivity contribution >= 4 is 11.8 Å². The van der Waals surface area contributed by atoms with Crippen LogP contribution in [-0.2, 0) is 0 Å². The van der Waals surface area contributed by atoms with Crippen LogP contribution in [0.2, 0.25) is 0 Å². The van der Waals surface area contributed by atoms with E-state index in [4.69, 9.17) is 5.73 Å². The molecule has 116 valence electrons. The standard InChI is InChI=1S/C18H28N2S/c1-20(17-9-10-21-13-17)18-11-15(7-8-16(18)12-19)14-5-3-2-4-6-14/h2-6,15-18H,7-13,19H2,1H3. The molecule has 0 spiro atoms. The van der Waals surface area contributed by atoms with E-state index in [1.807, 2.05) is 0 Å². The molecule has 21 heavy (non-hydrogen) atoms. The third kappa shape index (κ3) is 3.46. The molecule has 1 heterocycles. The maximum absolute atomic E-state index is 6.08. The Morgan fingerprint density at radius 1 is 1.19 bits per heavy atom. The van der Waals surface area contributed by atoms with Gasteiger partial charge in [-0.1, -0.05) is 30.3 Å². The summed E-state index contributed by atoms with van der Waals surface area (Å²) in [4.78, 5) is 2.67. The second-order valence-corrected chi connectivity index (χ2v) is 7.82. The molecule has 2 fully saturated rings. The second kappa shape index (κ2) is 7.17. The Bertz CT molecular complexity index is 430. The Morgan fingerprint density at radius 3 is 2.67 bits per heavy atom. The summed E-state index contributed by atoms with van der Waals surface area (Å²) in [6.45, 7) is 0.844. The molecule has 1 saturated heterocycles. The molecule has 0 amide bonds. The molecule has 1 saturated carbocycles. The Kier molecular flexibility index (Phi) is 5.25. The summed E-state index contributed by atoms with van der Waals surface area (Å²) in [5.41, 5.74) is 7.60. The number of nitrogens with two attached hydrogens (primary N) is 1. The van der Waals surface area contributed by atoms with Crippen LogP contribution in [0, 0.1) is 5.92 Å². The fraction of sp³-hybridized carbons (Fsp3) is 0.667. The zero-order chi connectivity index (χ0) is 14.7. The van der Waals surface area contributed by atoms with Crippen LogP contribution < -0.4 is 5.73 Å². The molecule has 0 bridgehead atoms. The van der Waals surface area contributed by atoms with Crippen molar-refractivity contribution in [3.63, 3.8) is 0 Å². The van der Waals surface area contributed by atoms with Gasteiger partial charge in [0, 0.05) is 17.8 Å². The molecule has 0 aromatic heterocycles. The quantitative estimate of drug-likeness (QED) is 0.925. The zero-order valence-corrected chi connectivity index (χ0v) is 13.9. The minimum atomic E-state index is 0.664. The number of hydrogen-bond acceptors (Lipinski definition) is 3. The van der Waals surface area contributed by atoms with E-state index in [-0.39, 0.29) is 0 Å². The van der Waals surface area contributed by atoms with Crippen molar-refractivity contribution < 1.29 is 0 Å². The van der Waals surface area contributed by atoms with Crippen LogP contribution in [0.5, 0.6) is 0 Å². The topological polar surface area (TPSA) is 29.3 Å². The first-order valence-corrected chi connectivity index (χ1v) is 9.49. The van der Waals surface area contributed by atoms with Crippen molar-refractivity contribution in [2.45, 2.75) is 43.7 Å². The number of benzene rings is 1. The lowest BCUT2D eigenvalue weighted by Crippen LogP contribution is -2.49. The van der Waals surface area contributed by atoms with Gasteiger partial charge in [-0.2, -0.15) is 11.8 Å². The van der Waals surface area contributed by atoms with Crippen LogP contribution in [0.4, 0.5) is 0 Å². The Balaban J connectivity index is 1.72. The van der Waals surface area contributed by atoms with Crippen LogP contribution in [-0.4, -0.2) is 42.1 Å². The highest BCUT2D eigenvalue weighted by atomic mass is 32.2. The predicted molar refractivity (Wildman–Crippen MR) is 92.9 cm³/mol. The fourth-order valence-corrected chi connectivity index (χ4v) is 5.40. The Morgan fingerprint density at radius 2 is 2.00 bits per heavy atom. The molecule has 0 radical (unpaired) electrons. The molecule has 1 aliphatic carbocycles. The van der Waals surface area contributed by atoms with Gasteiger partial charge < -0.3 is 5.73 Å². The molecule has 1 aromatic rings. The summed E-state index contributed by atoms with van der Waals surface area (Å²) >= 11 is 2.11. The minimum absolute atomic E-state index is 0.664. The summed E-state index contributed by atoms with van der Waals surface area (Å²) in [6, 6.07) is 12.5. The van der Waals surface area contributed by atoms with E-state index < -0.39 is 0 Å². The van der Waals surface area contributed by atoms with Crippen molar-refractivity contribution in [1.29, 1.82) is 0 Å². The molecule has 2 aliphatic rings. The summed E-state index contributed by atoms with van der Waals surface area (Å²) in [7, 11) is 2.34. The molecule has 1 aliphatic heterocycles. The highest BCUT2D eigenvalue weighted by Gasteiger charge is 2.36. The number of nitrogens with zero attached hydrogens (tertiary/aromatic N) is 1. The van der Waals surface area contributed by atoms with E-state index in [1.165, 1.54) is 42.8 Å². The Hall–Kier alpha value is -0.510. The number of thioether (sulfide) groups is 1. The molecular formula is C18H28N2S. The predicted octanol–water partition coefficient (Wildman–Crippen LogP) is 3.33. The maximum atomic E-state index is 6.08. The first-order chi connectivity index (χ1) is 10.3. The first-order valence-electron chi connectivity index (χ1n) is 8.34. The van der Waals surface area contributed by atoms with E-state index >= 15 is 0 Å². The van der Waals surface area contributed by atoms with Gasteiger partial charge in [-0.05, 0) is 62.4 Å². The Labute approximate surface area is 133 Å². The molecule has 2 N–H and O–H groups in total. The van der Waals surface area contributed by atoms with E-state index in [0.717, 1.165) is 18.5 Å². The van der Waals surface area contributed by atoms with E-state index in [9.17, 15) is 0 Å². The SMILES string of the molecule is CN(C1CCSC1)C1CC(c2ccccc2)CCC1CN. The molecule has 1 aromatic carbocycles. The summed E-state index contributed by atoms with van der Waals surface area (Å²) in [5.74, 6) is 4.04. The van der Waals surface area contributed by atoms with Crippen molar-refractivity contribution in [2.24, 2.45) is 11.7 Å². The van der Waals surface area contributed by atoms with Crippen LogP contribution in [0.15, 0.2) is 30.3 Å².